The topological polar surface area (TPSA) is 0 Å². The minimum Gasteiger partial charge on any atom is -0.0459 e. The van der Waals surface area contributed by atoms with Gasteiger partial charge in [-0.1, -0.05) is 0 Å². The Hall–Kier alpha value is -3.64. The summed E-state index contributed by atoms with van der Waals surface area (Å²) in [5.74, 6) is 0. The summed E-state index contributed by atoms with van der Waals surface area (Å²) in [5.41, 5.74) is 23.7. The lowest BCUT2D eigenvalue weighted by Gasteiger charge is -2.30. The van der Waals surface area contributed by atoms with Crippen LogP contribution in [0.3, 0.4) is 0 Å². The molecule has 0 aromatic heterocycles. The van der Waals surface area contributed by atoms with Crippen molar-refractivity contribution in [1.82, 2.24) is 0 Å². The zero-order chi connectivity index (χ0) is 30.1. The van der Waals surface area contributed by atoms with Crippen LogP contribution in [0.1, 0.15) is 89.0 Å². The Morgan fingerprint density at radius 2 is 0.452 bits per heavy atom. The van der Waals surface area contributed by atoms with Crippen LogP contribution in [0.4, 0.5) is 0 Å². The molecule has 42 heavy (non-hydrogen) atoms. The molecule has 0 amide bonds. The van der Waals surface area contributed by atoms with Gasteiger partial charge in [-0.3, -0.25) is 0 Å². The largest absolute Gasteiger partial charge is 0.0459 e. The van der Waals surface area contributed by atoms with E-state index in [1.54, 1.807) is 22.3 Å². The van der Waals surface area contributed by atoms with Crippen molar-refractivity contribution in [3.8, 4) is 0 Å². The van der Waals surface area contributed by atoms with Crippen molar-refractivity contribution in [1.29, 1.82) is 0 Å². The molecule has 1 aliphatic carbocycles. The monoisotopic (exact) mass is 548 g/mol. The standard InChI is InChI=1S/C42H44/c1-19-20(2)24(6)32-14-36-28(10)40-18-42-30(12)38-16-34-26(8)22(4)21(3)25(7)33(34)15-37(38)29(11)41(42)17-39(40)27(9)35(36)13-31(32)23(19)5/h13-14,17-18H,15-16H2,1-12H3. The molecule has 0 N–H and O–H groups in total. The fourth-order valence-electron chi connectivity index (χ4n) is 8.49. The van der Waals surface area contributed by atoms with Crippen LogP contribution in [-0.4, -0.2) is 0 Å². The molecular weight excluding hydrogens is 504 g/mol. The fourth-order valence-corrected chi connectivity index (χ4v) is 8.49. The molecule has 6 aromatic carbocycles. The van der Waals surface area contributed by atoms with Crippen molar-refractivity contribution in [2.45, 2.75) is 95.9 Å². The summed E-state index contributed by atoms with van der Waals surface area (Å²) in [5, 5.41) is 11.3. The molecule has 212 valence electrons. The van der Waals surface area contributed by atoms with Gasteiger partial charge in [0.2, 0.25) is 0 Å². The van der Waals surface area contributed by atoms with Crippen LogP contribution in [0.5, 0.6) is 0 Å². The van der Waals surface area contributed by atoms with Crippen LogP contribution < -0.4 is 0 Å². The molecule has 6 aromatic rings. The van der Waals surface area contributed by atoms with Gasteiger partial charge < -0.3 is 0 Å². The van der Waals surface area contributed by atoms with Crippen LogP contribution in [-0.2, 0) is 12.8 Å². The van der Waals surface area contributed by atoms with Gasteiger partial charge in [-0.25, -0.2) is 0 Å². The van der Waals surface area contributed by atoms with Crippen LogP contribution in [0.15, 0.2) is 24.3 Å². The molecule has 0 aliphatic heterocycles. The highest BCUT2D eigenvalue weighted by Gasteiger charge is 2.26. The SMILES string of the molecule is Cc1c(C)c(C)c2c(c1C)Cc1c(c(C)c3cc4c(C)c5cc6c(C)c(C)c(C)c(C)c6cc5c(C)c4cc3c1C)C2. The van der Waals surface area contributed by atoms with Gasteiger partial charge >= 0.3 is 0 Å². The zero-order valence-corrected chi connectivity index (χ0v) is 27.7. The molecule has 0 radical (unpaired) electrons. The second kappa shape index (κ2) is 8.93. The average molecular weight is 549 g/mol. The first kappa shape index (κ1) is 27.2. The van der Waals surface area contributed by atoms with Gasteiger partial charge in [0.05, 0.1) is 0 Å². The highest BCUT2D eigenvalue weighted by molar-refractivity contribution is 6.14. The first-order chi connectivity index (χ1) is 19.8. The number of aryl methyl sites for hydroxylation is 6. The fraction of sp³-hybridized carbons (Fsp3) is 0.333. The van der Waals surface area contributed by atoms with E-state index in [1.165, 1.54) is 110 Å². The predicted octanol–water partition coefficient (Wildman–Crippen LogP) is 11.5. The Balaban J connectivity index is 1.56. The number of hydrogen-bond acceptors (Lipinski definition) is 0. The molecule has 0 spiro atoms. The number of hydrogen-bond donors (Lipinski definition) is 0. The summed E-state index contributed by atoms with van der Waals surface area (Å²) in [6.45, 7) is 27.9. The molecule has 0 atom stereocenters. The molecule has 0 nitrogen and oxygen atoms in total. The lowest BCUT2D eigenvalue weighted by molar-refractivity contribution is 0.940. The van der Waals surface area contributed by atoms with Crippen molar-refractivity contribution in [3.05, 3.63) is 113 Å². The molecule has 0 saturated heterocycles. The smallest absolute Gasteiger partial charge is 0.00143 e. The minimum absolute atomic E-state index is 1.05. The second-order valence-corrected chi connectivity index (χ2v) is 13.7. The first-order valence-corrected chi connectivity index (χ1v) is 15.7. The van der Waals surface area contributed by atoms with Gasteiger partial charge in [0.25, 0.3) is 0 Å². The molecule has 0 heterocycles. The lowest BCUT2D eigenvalue weighted by Crippen LogP contribution is -2.16. The second-order valence-electron chi connectivity index (χ2n) is 13.7. The Kier molecular flexibility index (Phi) is 5.79. The highest BCUT2D eigenvalue weighted by atomic mass is 14.3. The Morgan fingerprint density at radius 3 is 0.762 bits per heavy atom. The summed E-state index contributed by atoms with van der Waals surface area (Å²) in [4.78, 5) is 0. The number of rotatable bonds is 0. The molecule has 0 saturated carbocycles. The molecule has 7 rings (SSSR count). The minimum atomic E-state index is 1.05. The van der Waals surface area contributed by atoms with Crippen LogP contribution >= 0.6 is 0 Å². The van der Waals surface area contributed by atoms with Crippen LogP contribution in [0.2, 0.25) is 0 Å². The predicted molar refractivity (Wildman–Crippen MR) is 185 cm³/mol. The highest BCUT2D eigenvalue weighted by Crippen LogP contribution is 2.44. The Labute approximate surface area is 251 Å². The van der Waals surface area contributed by atoms with Crippen LogP contribution in [0, 0.1) is 83.1 Å². The number of fused-ring (bicyclic) bond motifs is 6. The summed E-state index contributed by atoms with van der Waals surface area (Å²) in [7, 11) is 0. The quantitative estimate of drug-likeness (QED) is 0.165. The summed E-state index contributed by atoms with van der Waals surface area (Å²) < 4.78 is 0. The summed E-state index contributed by atoms with van der Waals surface area (Å²) in [6, 6.07) is 10.0. The molecule has 1 aliphatic rings. The maximum atomic E-state index is 2.53. The average Bonchev–Trinajstić information content (AvgIpc) is 3.00. The van der Waals surface area contributed by atoms with E-state index < -0.39 is 0 Å². The van der Waals surface area contributed by atoms with E-state index in [0.717, 1.165) is 12.8 Å². The van der Waals surface area contributed by atoms with Crippen LogP contribution in [0.25, 0.3) is 43.1 Å². The molecular formula is C42H44. The maximum absolute atomic E-state index is 2.53. The van der Waals surface area contributed by atoms with Gasteiger partial charge in [-0.15, -0.1) is 0 Å². The molecule has 0 bridgehead atoms. The molecule has 0 fully saturated rings. The molecule has 0 unspecified atom stereocenters. The van der Waals surface area contributed by atoms with Gasteiger partial charge in [-0.2, -0.15) is 0 Å². The zero-order valence-electron chi connectivity index (χ0n) is 27.7. The van der Waals surface area contributed by atoms with E-state index in [-0.39, 0.29) is 0 Å². The summed E-state index contributed by atoms with van der Waals surface area (Å²) in [6.07, 6.45) is 2.11. The van der Waals surface area contributed by atoms with Gasteiger partial charge in [0, 0.05) is 0 Å². The van der Waals surface area contributed by atoms with Gasteiger partial charge in [0.1, 0.15) is 0 Å². The third-order valence-electron chi connectivity index (χ3n) is 12.2. The lowest BCUT2D eigenvalue weighted by atomic mass is 9.74. The van der Waals surface area contributed by atoms with E-state index in [4.69, 9.17) is 0 Å². The van der Waals surface area contributed by atoms with Crippen molar-refractivity contribution < 1.29 is 0 Å². The third kappa shape index (κ3) is 3.36. The van der Waals surface area contributed by atoms with E-state index in [0.29, 0.717) is 0 Å². The first-order valence-electron chi connectivity index (χ1n) is 15.7. The van der Waals surface area contributed by atoms with Crippen molar-refractivity contribution in [2.75, 3.05) is 0 Å². The van der Waals surface area contributed by atoms with Gasteiger partial charge in [0.15, 0.2) is 0 Å². The van der Waals surface area contributed by atoms with E-state index in [2.05, 4.69) is 107 Å². The van der Waals surface area contributed by atoms with E-state index >= 15 is 0 Å². The number of benzene rings is 6. The normalized spacial score (nSPS) is 13.0. The van der Waals surface area contributed by atoms with Gasteiger partial charge in [-0.05, 0) is 252 Å². The van der Waals surface area contributed by atoms with Crippen molar-refractivity contribution in [2.24, 2.45) is 0 Å². The Bertz CT molecular complexity index is 2080. The van der Waals surface area contributed by atoms with E-state index in [1.807, 2.05) is 0 Å². The van der Waals surface area contributed by atoms with E-state index in [9.17, 15) is 0 Å². The third-order valence-corrected chi connectivity index (χ3v) is 12.2. The maximum Gasteiger partial charge on any atom is -0.00143 e. The Morgan fingerprint density at radius 1 is 0.238 bits per heavy atom. The molecule has 0 heteroatoms. The summed E-state index contributed by atoms with van der Waals surface area (Å²) >= 11 is 0. The van der Waals surface area contributed by atoms with Crippen molar-refractivity contribution in [3.63, 3.8) is 0 Å². The van der Waals surface area contributed by atoms with Crippen molar-refractivity contribution >= 4 is 43.1 Å².